The van der Waals surface area contributed by atoms with Gasteiger partial charge in [0.1, 0.15) is 24.2 Å². The van der Waals surface area contributed by atoms with E-state index < -0.39 is 54.5 Å². The Bertz CT molecular complexity index is 777. The van der Waals surface area contributed by atoms with Crippen LogP contribution in [0.4, 0.5) is 0 Å². The Labute approximate surface area is 196 Å². The standard InChI is InChI=1S/C20H34N6O6S/c1-4-11(2)16(20(31)32)26-19(30)15(7-12-8-22-10-23-12)25-18(29)14(5-6-33-3)24-17(28)13(21)9-27/h8,10-11,13-16,27H,4-7,9,21H2,1-3H3,(H,22,23)(H,24,28)(H,25,29)(H,26,30)(H,31,32). The van der Waals surface area contributed by atoms with Gasteiger partial charge in [-0.05, 0) is 24.3 Å². The van der Waals surface area contributed by atoms with Crippen LogP contribution in [0.2, 0.25) is 0 Å². The summed E-state index contributed by atoms with van der Waals surface area (Å²) >= 11 is 1.47. The fourth-order valence-electron chi connectivity index (χ4n) is 2.90. The molecule has 8 N–H and O–H groups in total. The summed E-state index contributed by atoms with van der Waals surface area (Å²) in [5, 5.41) is 26.2. The van der Waals surface area contributed by atoms with E-state index in [0.717, 1.165) is 0 Å². The number of nitrogens with one attached hydrogen (secondary N) is 4. The number of amides is 3. The molecule has 12 nitrogen and oxygen atoms in total. The van der Waals surface area contributed by atoms with E-state index in [1.807, 2.05) is 13.2 Å². The van der Waals surface area contributed by atoms with Crippen molar-refractivity contribution in [3.05, 3.63) is 18.2 Å². The number of aromatic amines is 1. The van der Waals surface area contributed by atoms with Gasteiger partial charge in [0.2, 0.25) is 17.7 Å². The van der Waals surface area contributed by atoms with E-state index >= 15 is 0 Å². The number of aliphatic carboxylic acids is 1. The molecule has 13 heteroatoms. The largest absolute Gasteiger partial charge is 0.480 e. The smallest absolute Gasteiger partial charge is 0.326 e. The summed E-state index contributed by atoms with van der Waals surface area (Å²) in [7, 11) is 0. The van der Waals surface area contributed by atoms with Gasteiger partial charge in [-0.25, -0.2) is 9.78 Å². The third kappa shape index (κ3) is 9.40. The molecule has 1 aromatic heterocycles. The molecular weight excluding hydrogens is 452 g/mol. The number of carboxylic acids is 1. The van der Waals surface area contributed by atoms with Crippen molar-refractivity contribution in [3.63, 3.8) is 0 Å². The van der Waals surface area contributed by atoms with E-state index in [1.54, 1.807) is 6.92 Å². The van der Waals surface area contributed by atoms with Crippen LogP contribution >= 0.6 is 11.8 Å². The van der Waals surface area contributed by atoms with Gasteiger partial charge in [0.05, 0.1) is 12.9 Å². The first-order valence-corrected chi connectivity index (χ1v) is 12.0. The van der Waals surface area contributed by atoms with Crippen LogP contribution in [0.3, 0.4) is 0 Å². The number of thioether (sulfide) groups is 1. The summed E-state index contributed by atoms with van der Waals surface area (Å²) in [5.74, 6) is -2.96. The molecule has 1 heterocycles. The number of carbonyl (C=O) groups excluding carboxylic acids is 3. The maximum Gasteiger partial charge on any atom is 0.326 e. The number of hydrogen-bond acceptors (Lipinski definition) is 8. The Balaban J connectivity index is 3.05. The molecule has 3 amide bonds. The van der Waals surface area contributed by atoms with Crippen LogP contribution in [0.15, 0.2) is 12.5 Å². The number of aliphatic hydroxyl groups is 1. The van der Waals surface area contributed by atoms with Crippen LogP contribution in [-0.4, -0.2) is 86.7 Å². The topological polar surface area (TPSA) is 200 Å². The first-order chi connectivity index (χ1) is 15.6. The molecule has 0 bridgehead atoms. The van der Waals surface area contributed by atoms with Crippen molar-refractivity contribution in [1.82, 2.24) is 25.9 Å². The zero-order chi connectivity index (χ0) is 25.0. The molecule has 186 valence electrons. The molecule has 33 heavy (non-hydrogen) atoms. The highest BCUT2D eigenvalue weighted by molar-refractivity contribution is 7.98. The number of hydrogen-bond donors (Lipinski definition) is 7. The van der Waals surface area contributed by atoms with Crippen LogP contribution in [0.25, 0.3) is 0 Å². The molecule has 0 aliphatic rings. The van der Waals surface area contributed by atoms with E-state index in [-0.39, 0.29) is 18.8 Å². The van der Waals surface area contributed by atoms with Crippen molar-refractivity contribution < 1.29 is 29.4 Å². The SMILES string of the molecule is CCC(C)C(NC(=O)C(Cc1cnc[nH]1)NC(=O)C(CCSC)NC(=O)C(N)CO)C(=O)O. The van der Waals surface area contributed by atoms with Crippen molar-refractivity contribution in [2.24, 2.45) is 11.7 Å². The van der Waals surface area contributed by atoms with E-state index in [0.29, 0.717) is 17.9 Å². The molecule has 1 aromatic rings. The molecular formula is C20H34N6O6S. The highest BCUT2D eigenvalue weighted by atomic mass is 32.2. The lowest BCUT2D eigenvalue weighted by atomic mass is 9.98. The Morgan fingerprint density at radius 2 is 1.79 bits per heavy atom. The molecule has 0 saturated carbocycles. The maximum absolute atomic E-state index is 13.0. The lowest BCUT2D eigenvalue weighted by molar-refractivity contribution is -0.143. The molecule has 0 spiro atoms. The van der Waals surface area contributed by atoms with E-state index in [9.17, 15) is 24.3 Å². The summed E-state index contributed by atoms with van der Waals surface area (Å²) < 4.78 is 0. The van der Waals surface area contributed by atoms with Crippen LogP contribution in [0, 0.1) is 5.92 Å². The van der Waals surface area contributed by atoms with Crippen molar-refractivity contribution in [2.75, 3.05) is 18.6 Å². The zero-order valence-corrected chi connectivity index (χ0v) is 19.9. The van der Waals surface area contributed by atoms with Crippen molar-refractivity contribution >= 4 is 35.5 Å². The predicted molar refractivity (Wildman–Crippen MR) is 123 cm³/mol. The molecule has 1 rings (SSSR count). The van der Waals surface area contributed by atoms with Gasteiger partial charge in [-0.1, -0.05) is 20.3 Å². The second kappa shape index (κ2) is 14.5. The number of aromatic nitrogens is 2. The quantitative estimate of drug-likeness (QED) is 0.156. The normalized spacial score (nSPS) is 15.5. The summed E-state index contributed by atoms with van der Waals surface area (Å²) in [6.45, 7) is 2.94. The minimum absolute atomic E-state index is 0.0315. The third-order valence-corrected chi connectivity index (χ3v) is 5.81. The number of nitrogens with two attached hydrogens (primary N) is 1. The minimum Gasteiger partial charge on any atom is -0.480 e. The maximum atomic E-state index is 13.0. The van der Waals surface area contributed by atoms with Crippen LogP contribution in [-0.2, 0) is 25.6 Å². The fourth-order valence-corrected chi connectivity index (χ4v) is 3.37. The van der Waals surface area contributed by atoms with E-state index in [2.05, 4.69) is 25.9 Å². The second-order valence-electron chi connectivity index (χ2n) is 7.68. The van der Waals surface area contributed by atoms with Gasteiger partial charge in [0.15, 0.2) is 0 Å². The summed E-state index contributed by atoms with van der Waals surface area (Å²) in [6.07, 6.45) is 5.57. The van der Waals surface area contributed by atoms with Crippen LogP contribution in [0.5, 0.6) is 0 Å². The second-order valence-corrected chi connectivity index (χ2v) is 8.67. The Kier molecular flexibility index (Phi) is 12.5. The molecule has 0 aromatic carbocycles. The molecule has 0 saturated heterocycles. The van der Waals surface area contributed by atoms with Crippen LogP contribution in [0.1, 0.15) is 32.4 Å². The number of nitrogens with zero attached hydrogens (tertiary/aromatic N) is 1. The van der Waals surface area contributed by atoms with Crippen molar-refractivity contribution in [3.8, 4) is 0 Å². The monoisotopic (exact) mass is 486 g/mol. The summed E-state index contributed by atoms with van der Waals surface area (Å²) in [5.41, 5.74) is 6.08. The van der Waals surface area contributed by atoms with Gasteiger partial charge in [0, 0.05) is 18.3 Å². The first kappa shape index (κ1) is 28.4. The predicted octanol–water partition coefficient (Wildman–Crippen LogP) is -1.39. The average molecular weight is 487 g/mol. The Morgan fingerprint density at radius 3 is 2.30 bits per heavy atom. The van der Waals surface area contributed by atoms with Gasteiger partial charge in [-0.3, -0.25) is 14.4 Å². The highest BCUT2D eigenvalue weighted by Crippen LogP contribution is 2.10. The van der Waals surface area contributed by atoms with Crippen molar-refractivity contribution in [2.45, 2.75) is 57.3 Å². The first-order valence-electron chi connectivity index (χ1n) is 10.6. The summed E-state index contributed by atoms with van der Waals surface area (Å²) in [6, 6.07) is -4.43. The van der Waals surface area contributed by atoms with Gasteiger partial charge in [0.25, 0.3) is 0 Å². The number of carboxylic acid groups (broad SMARTS) is 1. The number of carbonyl (C=O) groups is 4. The number of aliphatic hydroxyl groups excluding tert-OH is 1. The lowest BCUT2D eigenvalue weighted by Crippen LogP contribution is -2.58. The number of imidazole rings is 1. The molecule has 0 aliphatic heterocycles. The van der Waals surface area contributed by atoms with Gasteiger partial charge in [-0.15, -0.1) is 0 Å². The lowest BCUT2D eigenvalue weighted by Gasteiger charge is -2.26. The third-order valence-electron chi connectivity index (χ3n) is 5.17. The molecule has 5 unspecified atom stereocenters. The van der Waals surface area contributed by atoms with Crippen molar-refractivity contribution in [1.29, 1.82) is 0 Å². The highest BCUT2D eigenvalue weighted by Gasteiger charge is 2.32. The summed E-state index contributed by atoms with van der Waals surface area (Å²) in [4.78, 5) is 56.5. The van der Waals surface area contributed by atoms with E-state index in [1.165, 1.54) is 24.3 Å². The molecule has 0 aliphatic carbocycles. The Hall–Kier alpha value is -2.64. The minimum atomic E-state index is -1.19. The molecule has 0 radical (unpaired) electrons. The molecule has 0 fully saturated rings. The van der Waals surface area contributed by atoms with E-state index in [4.69, 9.17) is 10.8 Å². The van der Waals surface area contributed by atoms with Crippen LogP contribution < -0.4 is 21.7 Å². The molecule has 5 atom stereocenters. The Morgan fingerprint density at radius 1 is 1.15 bits per heavy atom. The van der Waals surface area contributed by atoms with Gasteiger partial charge >= 0.3 is 5.97 Å². The zero-order valence-electron chi connectivity index (χ0n) is 19.0. The number of H-pyrrole nitrogens is 1. The average Bonchev–Trinajstić information content (AvgIpc) is 3.31. The fraction of sp³-hybridized carbons (Fsp3) is 0.650. The van der Waals surface area contributed by atoms with Gasteiger partial charge < -0.3 is 36.9 Å². The van der Waals surface area contributed by atoms with Gasteiger partial charge in [-0.2, -0.15) is 11.8 Å². The number of rotatable bonds is 15.